The molecule has 0 amide bonds. The van der Waals surface area contributed by atoms with E-state index in [-0.39, 0.29) is 4.90 Å². The third-order valence-corrected chi connectivity index (χ3v) is 8.39. The molecule has 1 fully saturated rings. The van der Waals surface area contributed by atoms with Gasteiger partial charge in [-0.15, -0.1) is 0 Å². The van der Waals surface area contributed by atoms with Crippen LogP contribution in [-0.2, 0) is 16.4 Å². The first-order valence-corrected chi connectivity index (χ1v) is 13.6. The highest BCUT2D eigenvalue weighted by Crippen LogP contribution is 2.30. The van der Waals surface area contributed by atoms with Crippen molar-refractivity contribution in [1.82, 2.24) is 24.1 Å². The van der Waals surface area contributed by atoms with Crippen LogP contribution < -0.4 is 4.90 Å². The van der Waals surface area contributed by atoms with Crippen molar-refractivity contribution in [1.29, 1.82) is 0 Å². The minimum absolute atomic E-state index is 0.101. The molecule has 1 saturated heterocycles. The van der Waals surface area contributed by atoms with Gasteiger partial charge in [-0.1, -0.05) is 31.5 Å². The first-order valence-electron chi connectivity index (χ1n) is 12.2. The summed E-state index contributed by atoms with van der Waals surface area (Å²) in [7, 11) is -3.70. The van der Waals surface area contributed by atoms with Gasteiger partial charge in [0.05, 0.1) is 21.7 Å². The molecule has 0 radical (unpaired) electrons. The quantitative estimate of drug-likeness (QED) is 0.374. The van der Waals surface area contributed by atoms with Gasteiger partial charge in [-0.05, 0) is 49.7 Å². The van der Waals surface area contributed by atoms with E-state index in [4.69, 9.17) is 15.1 Å². The average molecular weight is 509 g/mol. The molecule has 1 aliphatic heterocycles. The van der Waals surface area contributed by atoms with Gasteiger partial charge < -0.3 is 4.90 Å². The number of aromatic nitrogens is 4. The molecule has 36 heavy (non-hydrogen) atoms. The number of aryl methyl sites for hydroxylation is 2. The third kappa shape index (κ3) is 4.58. The molecule has 0 atom stereocenters. The molecule has 2 aromatic heterocycles. The number of anilines is 1. The molecule has 0 saturated carbocycles. The lowest BCUT2D eigenvalue weighted by molar-refractivity contribution is 0.384. The number of para-hydroxylation sites is 1. The van der Waals surface area contributed by atoms with Crippen LogP contribution in [0.2, 0.25) is 0 Å². The Morgan fingerprint density at radius 1 is 0.944 bits per heavy atom. The van der Waals surface area contributed by atoms with Crippen LogP contribution >= 0.6 is 0 Å². The Bertz CT molecular complexity index is 1460. The fraction of sp³-hybridized carbons (Fsp3) is 0.346. The highest BCUT2D eigenvalue weighted by Gasteiger charge is 2.30. The monoisotopic (exact) mass is 508 g/mol. The van der Waals surface area contributed by atoms with E-state index in [0.29, 0.717) is 26.2 Å². The molecule has 4 aromatic rings. The molecule has 0 aliphatic carbocycles. The Labute approximate surface area is 210 Å². The number of hydrogen-bond donors (Lipinski definition) is 0. The minimum atomic E-state index is -3.70. The van der Waals surface area contributed by atoms with Gasteiger partial charge in [-0.2, -0.15) is 9.40 Å². The summed E-state index contributed by atoms with van der Waals surface area (Å²) < 4.78 is 42.8. The number of fused-ring (bicyclic) bond motifs is 1. The average Bonchev–Trinajstić information content (AvgIpc) is 3.24. The number of benzene rings is 2. The van der Waals surface area contributed by atoms with Gasteiger partial charge in [0.15, 0.2) is 5.65 Å². The van der Waals surface area contributed by atoms with Crippen LogP contribution in [0.15, 0.2) is 59.5 Å². The summed E-state index contributed by atoms with van der Waals surface area (Å²) in [6, 6.07) is 14.9. The summed E-state index contributed by atoms with van der Waals surface area (Å²) in [5.41, 5.74) is 2.51. The van der Waals surface area contributed by atoms with Crippen molar-refractivity contribution >= 4 is 26.9 Å². The Balaban J connectivity index is 1.48. The van der Waals surface area contributed by atoms with Crippen LogP contribution in [0.5, 0.6) is 0 Å². The number of hydrogen-bond acceptors (Lipinski definition) is 6. The standard InChI is InChI=1S/C26H29FN6O2S/c1-3-4-10-23-28-25(24-19(2)30-33(26(24)29-23)21-8-6-5-7-9-21)31-15-17-32(18-16-31)36(34,35)22-13-11-20(27)12-14-22/h5-9,11-14H,3-4,10,15-18H2,1-2H3. The number of rotatable bonds is 7. The maximum Gasteiger partial charge on any atom is 0.243 e. The van der Waals surface area contributed by atoms with Crippen molar-refractivity contribution in [2.45, 2.75) is 38.0 Å². The minimum Gasteiger partial charge on any atom is -0.353 e. The number of piperazine rings is 1. The van der Waals surface area contributed by atoms with Crippen LogP contribution in [0.1, 0.15) is 31.3 Å². The van der Waals surface area contributed by atoms with Crippen molar-refractivity contribution in [2.75, 3.05) is 31.1 Å². The van der Waals surface area contributed by atoms with Crippen LogP contribution in [0.25, 0.3) is 16.7 Å². The van der Waals surface area contributed by atoms with E-state index in [1.54, 1.807) is 0 Å². The maximum absolute atomic E-state index is 13.3. The summed E-state index contributed by atoms with van der Waals surface area (Å²) in [6.07, 6.45) is 2.78. The molecular weight excluding hydrogens is 479 g/mol. The third-order valence-electron chi connectivity index (χ3n) is 6.47. The van der Waals surface area contributed by atoms with Crippen molar-refractivity contribution in [3.05, 3.63) is 71.9 Å². The number of halogens is 1. The highest BCUT2D eigenvalue weighted by molar-refractivity contribution is 7.89. The molecule has 3 heterocycles. The Hall–Kier alpha value is -3.37. The number of sulfonamides is 1. The largest absolute Gasteiger partial charge is 0.353 e. The smallest absolute Gasteiger partial charge is 0.243 e. The van der Waals surface area contributed by atoms with Crippen LogP contribution in [0, 0.1) is 12.7 Å². The van der Waals surface area contributed by atoms with Gasteiger partial charge in [0.1, 0.15) is 17.5 Å². The van der Waals surface area contributed by atoms with Gasteiger partial charge in [0.25, 0.3) is 0 Å². The zero-order valence-corrected chi connectivity index (χ0v) is 21.2. The molecular formula is C26H29FN6O2S. The summed E-state index contributed by atoms with van der Waals surface area (Å²) in [5, 5.41) is 5.67. The highest BCUT2D eigenvalue weighted by atomic mass is 32.2. The van der Waals surface area contributed by atoms with E-state index in [0.717, 1.165) is 53.3 Å². The van der Waals surface area contributed by atoms with Crippen molar-refractivity contribution in [3.8, 4) is 5.69 Å². The van der Waals surface area contributed by atoms with Crippen molar-refractivity contribution in [3.63, 3.8) is 0 Å². The second-order valence-corrected chi connectivity index (χ2v) is 10.9. The van der Waals surface area contributed by atoms with E-state index in [1.807, 2.05) is 41.9 Å². The normalized spacial score (nSPS) is 15.0. The fourth-order valence-electron chi connectivity index (χ4n) is 4.53. The zero-order chi connectivity index (χ0) is 25.3. The van der Waals surface area contributed by atoms with E-state index in [2.05, 4.69) is 11.8 Å². The molecule has 5 rings (SSSR count). The summed E-state index contributed by atoms with van der Waals surface area (Å²) >= 11 is 0. The Morgan fingerprint density at radius 3 is 2.31 bits per heavy atom. The van der Waals surface area contributed by atoms with E-state index in [1.165, 1.54) is 28.6 Å². The Kier molecular flexibility index (Phi) is 6.72. The lowest BCUT2D eigenvalue weighted by atomic mass is 10.2. The molecule has 1 aliphatic rings. The maximum atomic E-state index is 13.3. The molecule has 0 bridgehead atoms. The van der Waals surface area contributed by atoms with E-state index >= 15 is 0 Å². The van der Waals surface area contributed by atoms with Gasteiger partial charge in [-0.3, -0.25) is 0 Å². The van der Waals surface area contributed by atoms with Gasteiger partial charge >= 0.3 is 0 Å². The summed E-state index contributed by atoms with van der Waals surface area (Å²) in [5.74, 6) is 1.10. The summed E-state index contributed by atoms with van der Waals surface area (Å²) in [6.45, 7) is 5.67. The zero-order valence-electron chi connectivity index (χ0n) is 20.4. The SMILES string of the molecule is CCCCc1nc(N2CCN(S(=O)(=O)c3ccc(F)cc3)CC2)c2c(C)nn(-c3ccccc3)c2n1. The first-order chi connectivity index (χ1) is 17.4. The van der Waals surface area contributed by atoms with Gasteiger partial charge in [0.2, 0.25) is 10.0 Å². The summed E-state index contributed by atoms with van der Waals surface area (Å²) in [4.78, 5) is 12.1. The molecule has 2 aromatic carbocycles. The molecule has 10 heteroatoms. The van der Waals surface area contributed by atoms with Gasteiger partial charge in [0, 0.05) is 32.6 Å². The van der Waals surface area contributed by atoms with Crippen LogP contribution in [0.3, 0.4) is 0 Å². The number of unbranched alkanes of at least 4 members (excludes halogenated alkanes) is 1. The van der Waals surface area contributed by atoms with E-state index in [9.17, 15) is 12.8 Å². The molecule has 0 spiro atoms. The van der Waals surface area contributed by atoms with Crippen LogP contribution in [0.4, 0.5) is 10.2 Å². The Morgan fingerprint density at radius 2 is 1.64 bits per heavy atom. The topological polar surface area (TPSA) is 84.2 Å². The lowest BCUT2D eigenvalue weighted by Crippen LogP contribution is -2.49. The predicted octanol–water partition coefficient (Wildman–Crippen LogP) is 4.12. The second kappa shape index (κ2) is 9.94. The molecule has 8 nitrogen and oxygen atoms in total. The number of nitrogens with zero attached hydrogens (tertiary/aromatic N) is 6. The lowest BCUT2D eigenvalue weighted by Gasteiger charge is -2.35. The van der Waals surface area contributed by atoms with Crippen molar-refractivity contribution < 1.29 is 12.8 Å². The molecule has 0 N–H and O–H groups in total. The fourth-order valence-corrected chi connectivity index (χ4v) is 5.95. The first kappa shape index (κ1) is 24.3. The van der Waals surface area contributed by atoms with E-state index < -0.39 is 15.8 Å². The van der Waals surface area contributed by atoms with Gasteiger partial charge in [-0.25, -0.2) is 27.5 Å². The molecule has 0 unspecified atom stereocenters. The van der Waals surface area contributed by atoms with Crippen molar-refractivity contribution in [2.24, 2.45) is 0 Å². The van der Waals surface area contributed by atoms with Crippen LogP contribution in [-0.4, -0.2) is 58.7 Å². The molecule has 188 valence electrons. The second-order valence-electron chi connectivity index (χ2n) is 8.94. The predicted molar refractivity (Wildman–Crippen MR) is 137 cm³/mol.